The zero-order chi connectivity index (χ0) is 14.1. The van der Waals surface area contributed by atoms with E-state index < -0.39 is 4.92 Å². The van der Waals surface area contributed by atoms with Gasteiger partial charge in [-0.2, -0.15) is 0 Å². The minimum Gasteiger partial charge on any atom is -0.393 e. The van der Waals surface area contributed by atoms with Crippen LogP contribution < -0.4 is 10.6 Å². The van der Waals surface area contributed by atoms with E-state index in [9.17, 15) is 10.1 Å². The molecule has 2 N–H and O–H groups in total. The van der Waals surface area contributed by atoms with Crippen molar-refractivity contribution < 1.29 is 4.92 Å². The summed E-state index contributed by atoms with van der Waals surface area (Å²) in [6.45, 7) is 1.04. The third-order valence-electron chi connectivity index (χ3n) is 4.78. The molecule has 3 rings (SSSR count). The van der Waals surface area contributed by atoms with E-state index in [-0.39, 0.29) is 11.4 Å². The number of benzene rings is 1. The first kappa shape index (κ1) is 13.2. The van der Waals surface area contributed by atoms with Crippen LogP contribution in [-0.4, -0.2) is 17.5 Å². The Morgan fingerprint density at radius 2 is 1.95 bits per heavy atom. The lowest BCUT2D eigenvalue weighted by Crippen LogP contribution is -2.46. The molecule has 5 heteroatoms. The van der Waals surface area contributed by atoms with E-state index in [1.165, 1.54) is 44.6 Å². The van der Waals surface area contributed by atoms with E-state index in [0.29, 0.717) is 6.04 Å². The van der Waals surface area contributed by atoms with Crippen LogP contribution >= 0.6 is 0 Å². The van der Waals surface area contributed by atoms with Crippen molar-refractivity contribution in [3.8, 4) is 0 Å². The highest BCUT2D eigenvalue weighted by Gasteiger charge is 2.33. The summed E-state index contributed by atoms with van der Waals surface area (Å²) in [6, 6.07) is 5.76. The second-order valence-corrected chi connectivity index (χ2v) is 5.95. The SMILES string of the molecule is Nc1cc(N2CCC[C@H]3CCCC[C@H]32)ccc1[N+](=O)[O-]. The molecule has 0 aromatic heterocycles. The number of anilines is 2. The van der Waals surface area contributed by atoms with Crippen LogP contribution in [0.4, 0.5) is 17.1 Å². The maximum Gasteiger partial charge on any atom is 0.292 e. The molecule has 20 heavy (non-hydrogen) atoms. The molecule has 0 amide bonds. The number of fused-ring (bicyclic) bond motifs is 1. The van der Waals surface area contributed by atoms with Gasteiger partial charge in [0, 0.05) is 24.3 Å². The van der Waals surface area contributed by atoms with Crippen LogP contribution in [0.2, 0.25) is 0 Å². The lowest BCUT2D eigenvalue weighted by molar-refractivity contribution is -0.383. The molecule has 1 saturated carbocycles. The van der Waals surface area contributed by atoms with E-state index in [1.54, 1.807) is 6.07 Å². The molecule has 1 aliphatic carbocycles. The van der Waals surface area contributed by atoms with Crippen LogP contribution in [0.5, 0.6) is 0 Å². The number of nitro groups is 1. The molecule has 5 nitrogen and oxygen atoms in total. The zero-order valence-corrected chi connectivity index (χ0v) is 11.6. The first-order chi connectivity index (χ1) is 9.66. The lowest BCUT2D eigenvalue weighted by Gasteiger charge is -2.45. The van der Waals surface area contributed by atoms with E-state index >= 15 is 0 Å². The van der Waals surface area contributed by atoms with Crippen molar-refractivity contribution in [3.63, 3.8) is 0 Å². The minimum atomic E-state index is -0.418. The van der Waals surface area contributed by atoms with Gasteiger partial charge in [0.1, 0.15) is 5.69 Å². The summed E-state index contributed by atoms with van der Waals surface area (Å²) in [4.78, 5) is 12.9. The summed E-state index contributed by atoms with van der Waals surface area (Å²) in [5.74, 6) is 0.786. The normalized spacial score (nSPS) is 26.1. The molecule has 2 fully saturated rings. The maximum absolute atomic E-state index is 10.8. The summed E-state index contributed by atoms with van der Waals surface area (Å²) < 4.78 is 0. The zero-order valence-electron chi connectivity index (χ0n) is 11.6. The monoisotopic (exact) mass is 275 g/mol. The predicted octanol–water partition coefficient (Wildman–Crippen LogP) is 3.34. The van der Waals surface area contributed by atoms with Gasteiger partial charge in [0.2, 0.25) is 0 Å². The summed E-state index contributed by atoms with van der Waals surface area (Å²) in [5.41, 5.74) is 7.15. The first-order valence-electron chi connectivity index (χ1n) is 7.47. The highest BCUT2D eigenvalue weighted by atomic mass is 16.6. The lowest BCUT2D eigenvalue weighted by atomic mass is 9.78. The Morgan fingerprint density at radius 1 is 1.20 bits per heavy atom. The summed E-state index contributed by atoms with van der Waals surface area (Å²) in [5, 5.41) is 10.8. The predicted molar refractivity (Wildman–Crippen MR) is 79.8 cm³/mol. The molecule has 0 spiro atoms. The fourth-order valence-corrected chi connectivity index (χ4v) is 3.83. The van der Waals surface area contributed by atoms with Crippen molar-refractivity contribution >= 4 is 17.1 Å². The average Bonchev–Trinajstić information content (AvgIpc) is 2.46. The largest absolute Gasteiger partial charge is 0.393 e. The van der Waals surface area contributed by atoms with Gasteiger partial charge in [-0.05, 0) is 43.7 Å². The van der Waals surface area contributed by atoms with Crippen molar-refractivity contribution in [1.82, 2.24) is 0 Å². The Hall–Kier alpha value is -1.78. The van der Waals surface area contributed by atoms with Crippen LogP contribution in [0, 0.1) is 16.0 Å². The number of rotatable bonds is 2. The Kier molecular flexibility index (Phi) is 3.51. The van der Waals surface area contributed by atoms with Crippen molar-refractivity contribution in [2.45, 2.75) is 44.6 Å². The molecule has 2 atom stereocenters. The Morgan fingerprint density at radius 3 is 2.70 bits per heavy atom. The number of nitrogens with zero attached hydrogens (tertiary/aromatic N) is 2. The minimum absolute atomic E-state index is 0.00551. The highest BCUT2D eigenvalue weighted by molar-refractivity contribution is 5.67. The van der Waals surface area contributed by atoms with Gasteiger partial charge in [-0.15, -0.1) is 0 Å². The molecule has 0 radical (unpaired) electrons. The van der Waals surface area contributed by atoms with Crippen LogP contribution in [-0.2, 0) is 0 Å². The first-order valence-corrected chi connectivity index (χ1v) is 7.47. The molecule has 1 aliphatic heterocycles. The Bertz CT molecular complexity index is 516. The molecule has 2 aliphatic rings. The molecule has 1 aromatic rings. The molecular formula is C15H21N3O2. The van der Waals surface area contributed by atoms with Gasteiger partial charge in [0.15, 0.2) is 0 Å². The molecule has 1 saturated heterocycles. The van der Waals surface area contributed by atoms with Crippen molar-refractivity contribution in [1.29, 1.82) is 0 Å². The van der Waals surface area contributed by atoms with Gasteiger partial charge in [-0.25, -0.2) is 0 Å². The van der Waals surface area contributed by atoms with Crippen molar-refractivity contribution in [3.05, 3.63) is 28.3 Å². The molecule has 0 unspecified atom stereocenters. The number of nitrogen functional groups attached to an aromatic ring is 1. The van der Waals surface area contributed by atoms with E-state index in [1.807, 2.05) is 6.07 Å². The Balaban J connectivity index is 1.87. The van der Waals surface area contributed by atoms with Crippen molar-refractivity contribution in [2.75, 3.05) is 17.2 Å². The molecule has 108 valence electrons. The molecule has 0 bridgehead atoms. The van der Waals surface area contributed by atoms with Gasteiger partial charge >= 0.3 is 0 Å². The fraction of sp³-hybridized carbons (Fsp3) is 0.600. The molecule has 1 aromatic carbocycles. The summed E-state index contributed by atoms with van der Waals surface area (Å²) in [6.07, 6.45) is 7.73. The molecular weight excluding hydrogens is 254 g/mol. The maximum atomic E-state index is 10.8. The number of nitrogens with two attached hydrogens (primary N) is 1. The summed E-state index contributed by atoms with van der Waals surface area (Å²) in [7, 11) is 0. The Labute approximate surface area is 118 Å². The number of hydrogen-bond donors (Lipinski definition) is 1. The van der Waals surface area contributed by atoms with E-state index in [4.69, 9.17) is 5.73 Å². The van der Waals surface area contributed by atoms with Gasteiger partial charge < -0.3 is 10.6 Å². The van der Waals surface area contributed by atoms with E-state index in [2.05, 4.69) is 4.90 Å². The van der Waals surface area contributed by atoms with E-state index in [0.717, 1.165) is 18.2 Å². The quantitative estimate of drug-likeness (QED) is 0.510. The number of hydrogen-bond acceptors (Lipinski definition) is 4. The highest BCUT2D eigenvalue weighted by Crippen LogP contribution is 2.39. The number of piperidine rings is 1. The second kappa shape index (κ2) is 5.31. The molecule has 1 heterocycles. The van der Waals surface area contributed by atoms with Crippen LogP contribution in [0.25, 0.3) is 0 Å². The van der Waals surface area contributed by atoms with Gasteiger partial charge in [0.05, 0.1) is 4.92 Å². The smallest absolute Gasteiger partial charge is 0.292 e. The van der Waals surface area contributed by atoms with Gasteiger partial charge in [-0.3, -0.25) is 10.1 Å². The third-order valence-corrected chi connectivity index (χ3v) is 4.78. The fourth-order valence-electron chi connectivity index (χ4n) is 3.83. The third kappa shape index (κ3) is 2.32. The van der Waals surface area contributed by atoms with Gasteiger partial charge in [0.25, 0.3) is 5.69 Å². The van der Waals surface area contributed by atoms with Gasteiger partial charge in [-0.1, -0.05) is 12.8 Å². The van der Waals surface area contributed by atoms with Crippen LogP contribution in [0.1, 0.15) is 38.5 Å². The topological polar surface area (TPSA) is 72.4 Å². The number of nitro benzene ring substituents is 1. The second-order valence-electron chi connectivity index (χ2n) is 5.95. The van der Waals surface area contributed by atoms with Crippen LogP contribution in [0.3, 0.4) is 0 Å². The average molecular weight is 275 g/mol. The van der Waals surface area contributed by atoms with Crippen molar-refractivity contribution in [2.24, 2.45) is 5.92 Å². The van der Waals surface area contributed by atoms with Crippen LogP contribution in [0.15, 0.2) is 18.2 Å². The standard InChI is InChI=1S/C15H21N3O2/c16-13-10-12(7-8-15(13)18(19)20)17-9-3-5-11-4-1-2-6-14(11)17/h7-8,10-11,14H,1-6,9,16H2/t11-,14-/m1/s1. The summed E-state index contributed by atoms with van der Waals surface area (Å²) >= 11 is 0.